The van der Waals surface area contributed by atoms with Crippen molar-refractivity contribution >= 4 is 22.4 Å². The third-order valence-electron chi connectivity index (χ3n) is 4.50. The van der Waals surface area contributed by atoms with E-state index in [0.717, 1.165) is 21.9 Å². The summed E-state index contributed by atoms with van der Waals surface area (Å²) in [5, 5.41) is 4.45. The lowest BCUT2D eigenvalue weighted by Gasteiger charge is -2.14. The van der Waals surface area contributed by atoms with E-state index in [-0.39, 0.29) is 18.3 Å². The topological polar surface area (TPSA) is 73.3 Å². The molecule has 7 heteroatoms. The molecule has 150 valence electrons. The number of hydrogen-bond donors (Lipinski definition) is 1. The Morgan fingerprint density at radius 1 is 1.00 bits per heavy atom. The van der Waals surface area contributed by atoms with Gasteiger partial charge < -0.3 is 14.8 Å². The molecule has 30 heavy (non-hydrogen) atoms. The summed E-state index contributed by atoms with van der Waals surface area (Å²) in [7, 11) is 1.50. The van der Waals surface area contributed by atoms with Crippen molar-refractivity contribution in [3.63, 3.8) is 0 Å². The summed E-state index contributed by atoms with van der Waals surface area (Å²) in [4.78, 5) is 20.6. The molecule has 6 nitrogen and oxygen atoms in total. The van der Waals surface area contributed by atoms with Crippen LogP contribution in [0.5, 0.6) is 11.8 Å². The molecule has 0 fully saturated rings. The highest BCUT2D eigenvalue weighted by molar-refractivity contribution is 6.00. The number of rotatable bonds is 6. The molecule has 0 saturated heterocycles. The van der Waals surface area contributed by atoms with E-state index in [1.54, 1.807) is 30.6 Å². The van der Waals surface area contributed by atoms with Crippen molar-refractivity contribution in [3.8, 4) is 22.9 Å². The smallest absolute Gasteiger partial charge is 0.316 e. The first-order valence-corrected chi connectivity index (χ1v) is 9.21. The van der Waals surface area contributed by atoms with Gasteiger partial charge in [-0.25, -0.2) is 14.4 Å². The maximum atomic E-state index is 13.8. The maximum absolute atomic E-state index is 13.8. The number of fused-ring (bicyclic) bond motifs is 1. The third kappa shape index (κ3) is 4.05. The minimum Gasteiger partial charge on any atom is -0.483 e. The number of carbonyl (C=O) groups is 1. The molecule has 1 heterocycles. The highest BCUT2D eigenvalue weighted by Gasteiger charge is 2.14. The Hall–Kier alpha value is -4.00. The highest BCUT2D eigenvalue weighted by atomic mass is 19.1. The summed E-state index contributed by atoms with van der Waals surface area (Å²) in [6.07, 6.45) is 3.28. The van der Waals surface area contributed by atoms with Gasteiger partial charge in [0, 0.05) is 23.5 Å². The molecule has 0 spiro atoms. The highest BCUT2D eigenvalue weighted by Crippen LogP contribution is 2.36. The number of amides is 1. The first-order valence-electron chi connectivity index (χ1n) is 9.21. The molecule has 0 aliphatic rings. The van der Waals surface area contributed by atoms with E-state index in [2.05, 4.69) is 15.3 Å². The summed E-state index contributed by atoms with van der Waals surface area (Å²) in [5.41, 5.74) is 1.58. The second-order valence-electron chi connectivity index (χ2n) is 6.43. The first kappa shape index (κ1) is 19.3. The van der Waals surface area contributed by atoms with Crippen LogP contribution in [0.15, 0.2) is 73.1 Å². The van der Waals surface area contributed by atoms with Gasteiger partial charge in [-0.2, -0.15) is 0 Å². The van der Waals surface area contributed by atoms with Crippen LogP contribution in [0, 0.1) is 5.82 Å². The molecule has 0 bridgehead atoms. The number of halogens is 1. The van der Waals surface area contributed by atoms with Crippen LogP contribution in [0.3, 0.4) is 0 Å². The van der Waals surface area contributed by atoms with E-state index in [4.69, 9.17) is 9.47 Å². The molecule has 0 radical (unpaired) electrons. The van der Waals surface area contributed by atoms with Gasteiger partial charge in [0.05, 0.1) is 12.8 Å². The van der Waals surface area contributed by atoms with E-state index in [9.17, 15) is 9.18 Å². The predicted octanol–water partition coefficient (Wildman–Crippen LogP) is 4.46. The van der Waals surface area contributed by atoms with Crippen molar-refractivity contribution in [3.05, 3.63) is 78.9 Å². The van der Waals surface area contributed by atoms with Crippen LogP contribution in [0.2, 0.25) is 0 Å². The number of hydrogen-bond acceptors (Lipinski definition) is 5. The molecule has 0 unspecified atom stereocenters. The van der Waals surface area contributed by atoms with Crippen molar-refractivity contribution in [1.29, 1.82) is 0 Å². The van der Waals surface area contributed by atoms with E-state index in [1.165, 1.54) is 19.2 Å². The minimum absolute atomic E-state index is 0.105. The summed E-state index contributed by atoms with van der Waals surface area (Å²) in [6.45, 7) is -0.281. The second-order valence-corrected chi connectivity index (χ2v) is 6.43. The SMILES string of the molecule is COc1ncc(-c2c(OCC(=O)Nc3ccccc3F)ccc3ccccc23)cn1. The lowest BCUT2D eigenvalue weighted by Crippen LogP contribution is -2.21. The standard InChI is InChI=1S/C23H18FN3O3/c1-29-23-25-12-16(13-26-23)22-17-7-3-2-6-15(17)10-11-20(22)30-14-21(28)27-19-9-5-4-8-18(19)24/h2-13H,14H2,1H3,(H,27,28). The van der Waals surface area contributed by atoms with Gasteiger partial charge in [0.2, 0.25) is 0 Å². The Morgan fingerprint density at radius 2 is 1.73 bits per heavy atom. The molecule has 0 aliphatic carbocycles. The number of carbonyl (C=O) groups excluding carboxylic acids is 1. The number of para-hydroxylation sites is 1. The lowest BCUT2D eigenvalue weighted by atomic mass is 9.99. The average Bonchev–Trinajstić information content (AvgIpc) is 2.79. The number of nitrogens with zero attached hydrogens (tertiary/aromatic N) is 2. The Balaban J connectivity index is 1.63. The van der Waals surface area contributed by atoms with Gasteiger partial charge in [0.1, 0.15) is 11.6 Å². The zero-order chi connectivity index (χ0) is 20.9. The third-order valence-corrected chi connectivity index (χ3v) is 4.50. The van der Waals surface area contributed by atoms with Crippen LogP contribution in [-0.4, -0.2) is 29.6 Å². The molecule has 1 N–H and O–H groups in total. The summed E-state index contributed by atoms with van der Waals surface area (Å²) in [5.74, 6) is -0.482. The van der Waals surface area contributed by atoms with Gasteiger partial charge in [-0.15, -0.1) is 0 Å². The monoisotopic (exact) mass is 403 g/mol. The average molecular weight is 403 g/mol. The Morgan fingerprint density at radius 3 is 2.50 bits per heavy atom. The zero-order valence-electron chi connectivity index (χ0n) is 16.1. The number of ether oxygens (including phenoxy) is 2. The van der Waals surface area contributed by atoms with Gasteiger partial charge in [-0.1, -0.05) is 42.5 Å². The number of anilines is 1. The van der Waals surface area contributed by atoms with Crippen LogP contribution < -0.4 is 14.8 Å². The van der Waals surface area contributed by atoms with Crippen LogP contribution in [-0.2, 0) is 4.79 Å². The number of benzene rings is 3. The molecule has 0 saturated carbocycles. The van der Waals surface area contributed by atoms with Crippen LogP contribution in [0.4, 0.5) is 10.1 Å². The largest absolute Gasteiger partial charge is 0.483 e. The van der Waals surface area contributed by atoms with Gasteiger partial charge in [-0.3, -0.25) is 4.79 Å². The van der Waals surface area contributed by atoms with Crippen molar-refractivity contribution in [2.75, 3.05) is 19.0 Å². The van der Waals surface area contributed by atoms with Crippen LogP contribution in [0.1, 0.15) is 0 Å². The Kier molecular flexibility index (Phi) is 5.52. The van der Waals surface area contributed by atoms with Crippen molar-refractivity contribution in [2.24, 2.45) is 0 Å². The fourth-order valence-electron chi connectivity index (χ4n) is 3.11. The fraction of sp³-hybridized carbons (Fsp3) is 0.0870. The predicted molar refractivity (Wildman–Crippen MR) is 112 cm³/mol. The van der Waals surface area contributed by atoms with Crippen LogP contribution >= 0.6 is 0 Å². The quantitative estimate of drug-likeness (QED) is 0.515. The van der Waals surface area contributed by atoms with Gasteiger partial charge in [0.15, 0.2) is 6.61 Å². The fourth-order valence-corrected chi connectivity index (χ4v) is 3.11. The van der Waals surface area contributed by atoms with Crippen molar-refractivity contribution in [1.82, 2.24) is 9.97 Å². The maximum Gasteiger partial charge on any atom is 0.316 e. The molecule has 4 rings (SSSR count). The normalized spacial score (nSPS) is 10.6. The molecule has 4 aromatic rings. The summed E-state index contributed by atoms with van der Waals surface area (Å²) in [6, 6.07) is 17.7. The van der Waals surface area contributed by atoms with E-state index < -0.39 is 11.7 Å². The van der Waals surface area contributed by atoms with Crippen LogP contribution in [0.25, 0.3) is 21.9 Å². The molecular weight excluding hydrogens is 385 g/mol. The van der Waals surface area contributed by atoms with Gasteiger partial charge >= 0.3 is 6.01 Å². The minimum atomic E-state index is -0.507. The lowest BCUT2D eigenvalue weighted by molar-refractivity contribution is -0.118. The van der Waals surface area contributed by atoms with Crippen molar-refractivity contribution in [2.45, 2.75) is 0 Å². The van der Waals surface area contributed by atoms with E-state index in [0.29, 0.717) is 5.75 Å². The molecule has 0 atom stereocenters. The molecule has 1 aromatic heterocycles. The van der Waals surface area contributed by atoms with Crippen molar-refractivity contribution < 1.29 is 18.7 Å². The number of methoxy groups -OCH3 is 1. The Labute approximate surface area is 172 Å². The number of aromatic nitrogens is 2. The number of nitrogens with one attached hydrogen (secondary N) is 1. The molecular formula is C23H18FN3O3. The van der Waals surface area contributed by atoms with E-state index >= 15 is 0 Å². The zero-order valence-corrected chi connectivity index (χ0v) is 16.1. The second kappa shape index (κ2) is 8.57. The molecule has 1 amide bonds. The first-order chi connectivity index (χ1) is 14.7. The molecule has 3 aromatic carbocycles. The van der Waals surface area contributed by atoms with Gasteiger partial charge in [0.25, 0.3) is 5.91 Å². The molecule has 0 aliphatic heterocycles. The van der Waals surface area contributed by atoms with E-state index in [1.807, 2.05) is 30.3 Å². The summed E-state index contributed by atoms with van der Waals surface area (Å²) >= 11 is 0. The summed E-state index contributed by atoms with van der Waals surface area (Å²) < 4.78 is 24.6. The Bertz CT molecular complexity index is 1200. The van der Waals surface area contributed by atoms with Gasteiger partial charge in [-0.05, 0) is 29.0 Å².